The van der Waals surface area contributed by atoms with Crippen molar-refractivity contribution < 1.29 is 38.5 Å². The van der Waals surface area contributed by atoms with Gasteiger partial charge in [0.15, 0.2) is 0 Å². The van der Waals surface area contributed by atoms with Gasteiger partial charge in [-0.15, -0.1) is 0 Å². The molecule has 11 nitrogen and oxygen atoms in total. The summed E-state index contributed by atoms with van der Waals surface area (Å²) in [7, 11) is 1.55. The summed E-state index contributed by atoms with van der Waals surface area (Å²) in [5.74, 6) is -3.59. The number of hydrogen-bond donors (Lipinski definition) is 2. The van der Waals surface area contributed by atoms with Crippen LogP contribution in [0.25, 0.3) is 0 Å². The van der Waals surface area contributed by atoms with Crippen LogP contribution < -0.4 is 15.0 Å². The number of hydrogen-bond acceptors (Lipinski definition) is 8. The van der Waals surface area contributed by atoms with Crippen molar-refractivity contribution in [3.63, 3.8) is 0 Å². The fourth-order valence-corrected chi connectivity index (χ4v) is 8.76. The second kappa shape index (κ2) is 14.7. The Morgan fingerprint density at radius 2 is 1.63 bits per heavy atom. The second-order valence-electron chi connectivity index (χ2n) is 13.5. The second-order valence-corrected chi connectivity index (χ2v) is 14.4. The summed E-state index contributed by atoms with van der Waals surface area (Å²) in [6, 6.07) is 22.3. The Bertz CT molecular complexity index is 1890. The molecule has 0 saturated carbocycles. The first kappa shape index (κ1) is 35.6. The van der Waals surface area contributed by atoms with Gasteiger partial charge in [0.2, 0.25) is 11.8 Å². The number of rotatable bonds is 6. The number of cyclic esters (lactones) is 1. The van der Waals surface area contributed by atoms with Gasteiger partial charge < -0.3 is 34.4 Å². The van der Waals surface area contributed by atoms with Gasteiger partial charge >= 0.3 is 5.97 Å². The third kappa shape index (κ3) is 6.22. The number of nitrogens with zero attached hydrogens (tertiary/aromatic N) is 2. The molecule has 12 heteroatoms. The zero-order valence-electron chi connectivity index (χ0n) is 28.8. The molecular weight excluding hydrogens is 730 g/mol. The molecule has 2 saturated heterocycles. The van der Waals surface area contributed by atoms with Gasteiger partial charge in [-0.2, -0.15) is 0 Å². The molecule has 7 rings (SSSR count). The first-order chi connectivity index (χ1) is 25.2. The summed E-state index contributed by atoms with van der Waals surface area (Å²) in [6.45, 7) is 1.39. The lowest BCUT2D eigenvalue weighted by atomic mass is 9.74. The highest BCUT2D eigenvalue weighted by molar-refractivity contribution is 9.11. The quantitative estimate of drug-likeness (QED) is 0.271. The van der Waals surface area contributed by atoms with E-state index in [9.17, 15) is 14.7 Å². The SMILES string of the molecule is COc1ccc(N2C/C=C\CCC(=O)N[C@H](C)[C@@H](c3ccccc3)OC(=O)[C@@H]3[C@H]4O[C@@]5(C=C4Br)[C@H](C2=O)N([C@H](CO)c2ccccc2)C(=O)[C@@H]35)cc1. The van der Waals surface area contributed by atoms with Crippen LogP contribution >= 0.6 is 15.9 Å². The minimum atomic E-state index is -1.58. The van der Waals surface area contributed by atoms with E-state index in [1.807, 2.05) is 48.6 Å². The summed E-state index contributed by atoms with van der Waals surface area (Å²) in [5.41, 5.74) is 0.246. The van der Waals surface area contributed by atoms with Gasteiger partial charge in [0.25, 0.3) is 5.91 Å². The Kier molecular flexibility index (Phi) is 10.1. The molecule has 4 heterocycles. The highest BCUT2D eigenvalue weighted by Crippen LogP contribution is 2.60. The van der Waals surface area contributed by atoms with Gasteiger partial charge in [0, 0.05) is 23.1 Å². The van der Waals surface area contributed by atoms with Crippen molar-refractivity contribution in [2.45, 2.75) is 55.7 Å². The molecule has 0 radical (unpaired) electrons. The first-order valence-electron chi connectivity index (χ1n) is 17.4. The van der Waals surface area contributed by atoms with E-state index in [1.165, 1.54) is 4.90 Å². The number of nitrogens with one attached hydrogen (secondary N) is 1. The zero-order valence-corrected chi connectivity index (χ0v) is 30.3. The Hall–Kier alpha value is -4.78. The Morgan fingerprint density at radius 1 is 0.942 bits per heavy atom. The molecule has 8 atom stereocenters. The molecular formula is C40H40BrN3O8. The van der Waals surface area contributed by atoms with E-state index in [0.29, 0.717) is 33.5 Å². The molecule has 3 amide bonds. The minimum Gasteiger partial charge on any atom is -0.497 e. The third-order valence-corrected chi connectivity index (χ3v) is 11.1. The first-order valence-corrected chi connectivity index (χ1v) is 18.2. The van der Waals surface area contributed by atoms with E-state index in [0.717, 1.165) is 0 Å². The van der Waals surface area contributed by atoms with Crippen molar-refractivity contribution in [2.24, 2.45) is 11.8 Å². The number of amides is 3. The average molecular weight is 771 g/mol. The van der Waals surface area contributed by atoms with Gasteiger partial charge in [0.1, 0.15) is 35.5 Å². The third-order valence-electron chi connectivity index (χ3n) is 10.4. The molecule has 52 heavy (non-hydrogen) atoms. The lowest BCUT2D eigenvalue weighted by Crippen LogP contribution is -2.57. The molecule has 5 bridgehead atoms. The van der Waals surface area contributed by atoms with E-state index >= 15 is 9.59 Å². The van der Waals surface area contributed by atoms with Crippen LogP contribution in [0.4, 0.5) is 5.69 Å². The smallest absolute Gasteiger partial charge is 0.313 e. The predicted molar refractivity (Wildman–Crippen MR) is 195 cm³/mol. The van der Waals surface area contributed by atoms with Crippen LogP contribution in [0.5, 0.6) is 5.75 Å². The van der Waals surface area contributed by atoms with Gasteiger partial charge in [-0.3, -0.25) is 19.2 Å². The number of esters is 1. The van der Waals surface area contributed by atoms with Crippen LogP contribution in [0.15, 0.2) is 108 Å². The number of likely N-dealkylation sites (tertiary alicyclic amines) is 1. The van der Waals surface area contributed by atoms with Crippen LogP contribution in [0.1, 0.15) is 43.0 Å². The highest BCUT2D eigenvalue weighted by Gasteiger charge is 2.75. The van der Waals surface area contributed by atoms with Crippen molar-refractivity contribution in [2.75, 3.05) is 25.2 Å². The molecule has 3 aromatic rings. The number of benzene rings is 3. The van der Waals surface area contributed by atoms with E-state index < -0.39 is 72.2 Å². The molecule has 3 aromatic carbocycles. The van der Waals surface area contributed by atoms with Crippen LogP contribution in [0.2, 0.25) is 0 Å². The van der Waals surface area contributed by atoms with Crippen molar-refractivity contribution >= 4 is 45.3 Å². The number of fused-ring (bicyclic) bond motifs is 2. The van der Waals surface area contributed by atoms with E-state index in [1.54, 1.807) is 73.5 Å². The van der Waals surface area contributed by atoms with E-state index in [2.05, 4.69) is 21.2 Å². The number of aliphatic hydroxyl groups excluding tert-OH is 1. The molecule has 4 aliphatic rings. The van der Waals surface area contributed by atoms with Crippen LogP contribution in [0.3, 0.4) is 0 Å². The number of methoxy groups -OCH3 is 1. The number of carbonyl (C=O) groups is 4. The Balaban J connectivity index is 1.39. The Labute approximate surface area is 310 Å². The van der Waals surface area contributed by atoms with Gasteiger partial charge in [-0.1, -0.05) is 88.7 Å². The summed E-state index contributed by atoms with van der Waals surface area (Å²) < 4.78 is 18.9. The fourth-order valence-electron chi connectivity index (χ4n) is 8.02. The fraction of sp³-hybridized carbons (Fsp3) is 0.350. The van der Waals surface area contributed by atoms with Crippen LogP contribution in [-0.4, -0.2) is 77.7 Å². The maximum Gasteiger partial charge on any atom is 0.313 e. The lowest BCUT2D eigenvalue weighted by Gasteiger charge is -2.38. The maximum absolute atomic E-state index is 15.3. The topological polar surface area (TPSA) is 135 Å². The van der Waals surface area contributed by atoms with Crippen LogP contribution in [0, 0.1) is 11.8 Å². The minimum absolute atomic E-state index is 0.105. The summed E-state index contributed by atoms with van der Waals surface area (Å²) in [4.78, 5) is 60.9. The Morgan fingerprint density at radius 3 is 2.31 bits per heavy atom. The number of anilines is 1. The molecule has 2 N–H and O–H groups in total. The van der Waals surface area contributed by atoms with Gasteiger partial charge in [0.05, 0.1) is 31.7 Å². The lowest BCUT2D eigenvalue weighted by molar-refractivity contribution is -0.161. The van der Waals surface area contributed by atoms with Crippen molar-refractivity contribution in [3.05, 3.63) is 119 Å². The number of carbonyl (C=O) groups excluding carboxylic acids is 4. The maximum atomic E-state index is 15.3. The zero-order chi connectivity index (χ0) is 36.6. The molecule has 4 aliphatic heterocycles. The van der Waals surface area contributed by atoms with E-state index in [-0.39, 0.29) is 18.9 Å². The molecule has 1 spiro atoms. The number of ether oxygens (including phenoxy) is 3. The summed E-state index contributed by atoms with van der Waals surface area (Å²) in [6.07, 6.45) is 4.17. The normalized spacial score (nSPS) is 30.3. The van der Waals surface area contributed by atoms with Gasteiger partial charge in [-0.25, -0.2) is 0 Å². The standard InChI is InChI=1S/C40H40BrN3O8/c1-24-34(26-14-8-4-9-15-26)51-39(49)32-33-37(47)44(30(23-45)25-12-6-3-7-13-25)36(40(33)22-29(41)35(32)52-40)38(48)43(21-11-5-10-16-31(46)42-24)27-17-19-28(50-2)20-18-27/h3-9,11-15,17-20,22,24,30,32-36,45H,10,16,21,23H2,1-2H3,(H,42,46)/b11-5-/t24-,30-,32+,33-,34+,35+,36+,40-/m1/s1. The monoisotopic (exact) mass is 769 g/mol. The number of aliphatic hydroxyl groups is 1. The predicted octanol–water partition coefficient (Wildman–Crippen LogP) is 4.77. The molecule has 2 fully saturated rings. The number of allylic oxidation sites excluding steroid dienone is 1. The highest BCUT2D eigenvalue weighted by atomic mass is 79.9. The summed E-state index contributed by atoms with van der Waals surface area (Å²) >= 11 is 3.61. The molecule has 270 valence electrons. The van der Waals surface area contributed by atoms with Crippen molar-refractivity contribution in [3.8, 4) is 5.75 Å². The van der Waals surface area contributed by atoms with E-state index in [4.69, 9.17) is 14.2 Å². The average Bonchev–Trinajstić information content (AvgIpc) is 3.76. The van der Waals surface area contributed by atoms with Gasteiger partial charge in [-0.05, 0) is 54.8 Å². The van der Waals surface area contributed by atoms with Crippen molar-refractivity contribution in [1.29, 1.82) is 0 Å². The largest absolute Gasteiger partial charge is 0.497 e. The molecule has 0 unspecified atom stereocenters. The molecule has 0 aliphatic carbocycles. The van der Waals surface area contributed by atoms with Crippen molar-refractivity contribution in [1.82, 2.24) is 10.2 Å². The van der Waals surface area contributed by atoms with Crippen LogP contribution in [-0.2, 0) is 28.7 Å². The molecule has 0 aromatic heterocycles. The number of halogens is 1. The summed E-state index contributed by atoms with van der Waals surface area (Å²) in [5, 5.41) is 13.9.